The first-order chi connectivity index (χ1) is 9.86. The van der Waals surface area contributed by atoms with Crippen molar-refractivity contribution in [3.63, 3.8) is 0 Å². The molecule has 2 fully saturated rings. The predicted molar refractivity (Wildman–Crippen MR) is 85.5 cm³/mol. The van der Waals surface area contributed by atoms with Gasteiger partial charge in [-0.15, -0.1) is 0 Å². The lowest BCUT2D eigenvalue weighted by atomic mass is 9.83. The lowest BCUT2D eigenvalue weighted by molar-refractivity contribution is -0.0238. The van der Waals surface area contributed by atoms with E-state index in [4.69, 9.17) is 4.74 Å². The van der Waals surface area contributed by atoms with Crippen LogP contribution in [0, 0.1) is 0 Å². The van der Waals surface area contributed by atoms with E-state index in [1.807, 2.05) is 25.7 Å². The number of rotatable bonds is 2. The molecule has 1 amide bonds. The van der Waals surface area contributed by atoms with Gasteiger partial charge in [-0.25, -0.2) is 4.79 Å². The fourth-order valence-corrected chi connectivity index (χ4v) is 3.73. The molecule has 0 aliphatic carbocycles. The van der Waals surface area contributed by atoms with Crippen LogP contribution < -0.4 is 0 Å². The Labute approximate surface area is 129 Å². The number of likely N-dealkylation sites (tertiary alicyclic amines) is 2. The van der Waals surface area contributed by atoms with Gasteiger partial charge in [-0.3, -0.25) is 4.90 Å². The second kappa shape index (κ2) is 6.55. The van der Waals surface area contributed by atoms with Gasteiger partial charge in [-0.2, -0.15) is 0 Å². The van der Waals surface area contributed by atoms with E-state index < -0.39 is 5.60 Å². The maximum absolute atomic E-state index is 12.4. The highest BCUT2D eigenvalue weighted by atomic mass is 16.6. The number of carbonyl (C=O) groups excluding carboxylic acids is 1. The zero-order chi connectivity index (χ0) is 15.5. The number of piperidine rings is 2. The lowest BCUT2D eigenvalue weighted by Crippen LogP contribution is -2.60. The van der Waals surface area contributed by atoms with E-state index >= 15 is 0 Å². The fraction of sp³-hybridized carbons (Fsp3) is 0.941. The molecule has 4 heteroatoms. The smallest absolute Gasteiger partial charge is 0.410 e. The van der Waals surface area contributed by atoms with Crippen LogP contribution in [0.4, 0.5) is 4.79 Å². The van der Waals surface area contributed by atoms with Crippen molar-refractivity contribution in [3.05, 3.63) is 0 Å². The van der Waals surface area contributed by atoms with Crippen molar-refractivity contribution < 1.29 is 9.53 Å². The Morgan fingerprint density at radius 1 is 1.10 bits per heavy atom. The van der Waals surface area contributed by atoms with Crippen molar-refractivity contribution in [2.75, 3.05) is 26.2 Å². The first kappa shape index (κ1) is 16.6. The van der Waals surface area contributed by atoms with Crippen molar-refractivity contribution in [1.29, 1.82) is 0 Å². The SMILES string of the molecule is CCC1(N2CCCCC2)CCCN(C(=O)OC(C)(C)C)C1. The number of hydrogen-bond donors (Lipinski definition) is 0. The van der Waals surface area contributed by atoms with Crippen molar-refractivity contribution in [1.82, 2.24) is 9.80 Å². The van der Waals surface area contributed by atoms with E-state index in [9.17, 15) is 4.79 Å². The minimum absolute atomic E-state index is 0.142. The maximum atomic E-state index is 12.4. The van der Waals surface area contributed by atoms with Crippen LogP contribution >= 0.6 is 0 Å². The van der Waals surface area contributed by atoms with Crippen LogP contribution in [0.25, 0.3) is 0 Å². The summed E-state index contributed by atoms with van der Waals surface area (Å²) >= 11 is 0. The molecule has 1 atom stereocenters. The third-order valence-electron chi connectivity index (χ3n) is 4.89. The summed E-state index contributed by atoms with van der Waals surface area (Å²) in [5.41, 5.74) is -0.232. The molecule has 0 bridgehead atoms. The minimum Gasteiger partial charge on any atom is -0.444 e. The highest BCUT2D eigenvalue weighted by molar-refractivity contribution is 5.68. The third kappa shape index (κ3) is 4.12. The molecule has 2 rings (SSSR count). The molecule has 21 heavy (non-hydrogen) atoms. The Kier molecular flexibility index (Phi) is 5.18. The van der Waals surface area contributed by atoms with Gasteiger partial charge in [-0.1, -0.05) is 13.3 Å². The first-order valence-electron chi connectivity index (χ1n) is 8.59. The minimum atomic E-state index is -0.408. The van der Waals surface area contributed by atoms with Gasteiger partial charge in [-0.05, 0) is 66.0 Å². The van der Waals surface area contributed by atoms with Crippen molar-refractivity contribution >= 4 is 6.09 Å². The van der Waals surface area contributed by atoms with E-state index in [0.29, 0.717) is 0 Å². The molecule has 0 radical (unpaired) electrons. The van der Waals surface area contributed by atoms with Crippen LogP contribution in [0.15, 0.2) is 0 Å². The van der Waals surface area contributed by atoms with Crippen LogP contribution in [-0.2, 0) is 4.74 Å². The molecule has 1 unspecified atom stereocenters. The summed E-state index contributed by atoms with van der Waals surface area (Å²) in [5, 5.41) is 0. The quantitative estimate of drug-likeness (QED) is 0.779. The topological polar surface area (TPSA) is 32.8 Å². The molecule has 2 heterocycles. The maximum Gasteiger partial charge on any atom is 0.410 e. The van der Waals surface area contributed by atoms with Gasteiger partial charge in [0.2, 0.25) is 0 Å². The molecular weight excluding hydrogens is 264 g/mol. The Balaban J connectivity index is 2.05. The molecular formula is C17H32N2O2. The molecule has 0 aromatic heterocycles. The van der Waals surface area contributed by atoms with Gasteiger partial charge in [0, 0.05) is 18.6 Å². The van der Waals surface area contributed by atoms with Gasteiger partial charge < -0.3 is 9.64 Å². The third-order valence-corrected chi connectivity index (χ3v) is 4.89. The number of carbonyl (C=O) groups is 1. The number of hydrogen-bond acceptors (Lipinski definition) is 3. The van der Waals surface area contributed by atoms with Crippen molar-refractivity contribution in [2.45, 2.75) is 77.4 Å². The van der Waals surface area contributed by atoms with Crippen molar-refractivity contribution in [2.24, 2.45) is 0 Å². The first-order valence-corrected chi connectivity index (χ1v) is 8.59. The monoisotopic (exact) mass is 296 g/mol. The molecule has 0 N–H and O–H groups in total. The zero-order valence-corrected chi connectivity index (χ0v) is 14.3. The summed E-state index contributed by atoms with van der Waals surface area (Å²) in [7, 11) is 0. The van der Waals surface area contributed by atoms with Gasteiger partial charge in [0.1, 0.15) is 5.60 Å². The molecule has 122 valence electrons. The zero-order valence-electron chi connectivity index (χ0n) is 14.3. The predicted octanol–water partition coefficient (Wildman–Crippen LogP) is 3.65. The Morgan fingerprint density at radius 2 is 1.76 bits per heavy atom. The van der Waals surface area contributed by atoms with Crippen LogP contribution in [0.3, 0.4) is 0 Å². The molecule has 4 nitrogen and oxygen atoms in total. The second-order valence-electron chi connectivity index (χ2n) is 7.63. The van der Waals surface area contributed by atoms with Crippen LogP contribution in [0.2, 0.25) is 0 Å². The largest absolute Gasteiger partial charge is 0.444 e. The summed E-state index contributed by atoms with van der Waals surface area (Å²) in [4.78, 5) is 17.0. The van der Waals surface area contributed by atoms with E-state index in [2.05, 4.69) is 11.8 Å². The van der Waals surface area contributed by atoms with E-state index in [1.54, 1.807) is 0 Å². The Morgan fingerprint density at radius 3 is 2.33 bits per heavy atom. The fourth-order valence-electron chi connectivity index (χ4n) is 3.73. The van der Waals surface area contributed by atoms with E-state index in [1.165, 1.54) is 38.8 Å². The Hall–Kier alpha value is -0.770. The standard InChI is InChI=1S/C17H32N2O2/c1-5-17(19-12-7-6-8-13-19)10-9-11-18(14-17)15(20)21-16(2,3)4/h5-14H2,1-4H3. The average molecular weight is 296 g/mol. The highest BCUT2D eigenvalue weighted by Gasteiger charge is 2.41. The summed E-state index contributed by atoms with van der Waals surface area (Å²) in [6.07, 6.45) is 7.23. The van der Waals surface area contributed by atoms with Crippen LogP contribution in [-0.4, -0.2) is 53.2 Å². The van der Waals surface area contributed by atoms with Crippen LogP contribution in [0.5, 0.6) is 0 Å². The summed E-state index contributed by atoms with van der Waals surface area (Å²) in [6, 6.07) is 0. The number of nitrogens with zero attached hydrogens (tertiary/aromatic N) is 2. The van der Waals surface area contributed by atoms with Gasteiger partial charge in [0.25, 0.3) is 0 Å². The molecule has 0 aromatic carbocycles. The molecule has 2 saturated heterocycles. The van der Waals surface area contributed by atoms with E-state index in [0.717, 1.165) is 25.9 Å². The second-order valence-corrected chi connectivity index (χ2v) is 7.63. The van der Waals surface area contributed by atoms with Gasteiger partial charge in [0.05, 0.1) is 0 Å². The van der Waals surface area contributed by atoms with Crippen molar-refractivity contribution in [3.8, 4) is 0 Å². The average Bonchev–Trinajstić information content (AvgIpc) is 2.46. The van der Waals surface area contributed by atoms with Gasteiger partial charge >= 0.3 is 6.09 Å². The van der Waals surface area contributed by atoms with Gasteiger partial charge in [0.15, 0.2) is 0 Å². The number of amides is 1. The van der Waals surface area contributed by atoms with Crippen LogP contribution in [0.1, 0.15) is 66.2 Å². The highest BCUT2D eigenvalue weighted by Crippen LogP contribution is 2.33. The molecule has 2 aliphatic heterocycles. The van der Waals surface area contributed by atoms with E-state index in [-0.39, 0.29) is 11.6 Å². The molecule has 0 aromatic rings. The molecule has 0 spiro atoms. The summed E-state index contributed by atoms with van der Waals surface area (Å²) < 4.78 is 5.57. The molecule has 2 aliphatic rings. The lowest BCUT2D eigenvalue weighted by Gasteiger charge is -2.50. The summed E-state index contributed by atoms with van der Waals surface area (Å²) in [6.45, 7) is 12.1. The molecule has 0 saturated carbocycles. The Bertz CT molecular complexity index is 358. The normalized spacial score (nSPS) is 28.5. The number of ether oxygens (including phenoxy) is 1. The summed E-state index contributed by atoms with van der Waals surface area (Å²) in [5.74, 6) is 0.